The maximum atomic E-state index is 3.37. The molecule has 1 aromatic rings. The molecule has 0 bridgehead atoms. The molecule has 84 valence electrons. The van der Waals surface area contributed by atoms with E-state index in [1.54, 1.807) is 0 Å². The molecule has 1 unspecified atom stereocenters. The Labute approximate surface area is 91.0 Å². The summed E-state index contributed by atoms with van der Waals surface area (Å²) in [5.41, 5.74) is 1.34. The van der Waals surface area contributed by atoms with Crippen molar-refractivity contribution in [3.63, 3.8) is 0 Å². The van der Waals surface area contributed by atoms with Crippen molar-refractivity contribution >= 4 is 0 Å². The topological polar surface area (TPSA) is 43.1 Å². The van der Waals surface area contributed by atoms with Crippen molar-refractivity contribution < 1.29 is 0 Å². The van der Waals surface area contributed by atoms with Gasteiger partial charge in [0.05, 0.1) is 0 Å². The van der Waals surface area contributed by atoms with E-state index < -0.39 is 0 Å². The number of likely N-dealkylation sites (N-methyl/N-ethyl adjacent to an activating group) is 1. The molecule has 4 nitrogen and oxygen atoms in total. The highest BCUT2D eigenvalue weighted by Crippen LogP contribution is 2.13. The van der Waals surface area contributed by atoms with E-state index in [1.165, 1.54) is 5.56 Å². The third-order valence-corrected chi connectivity index (χ3v) is 3.02. The molecule has 4 heteroatoms. The predicted molar refractivity (Wildman–Crippen MR) is 61.9 cm³/mol. The normalized spacial score (nSPS) is 20.3. The lowest BCUT2D eigenvalue weighted by molar-refractivity contribution is 0.219. The Bertz CT molecular complexity index is 264. The van der Waals surface area contributed by atoms with E-state index in [0.717, 1.165) is 32.7 Å². The van der Waals surface area contributed by atoms with Crippen LogP contribution in [0.1, 0.15) is 11.6 Å². The lowest BCUT2D eigenvalue weighted by atomic mass is 10.1. The Kier molecular flexibility index (Phi) is 3.77. The van der Waals surface area contributed by atoms with Crippen molar-refractivity contribution in [1.82, 2.24) is 20.5 Å². The number of rotatable bonds is 4. The van der Waals surface area contributed by atoms with Gasteiger partial charge in [0.2, 0.25) is 0 Å². The molecular weight excluding hydrogens is 188 g/mol. The Hall–Kier alpha value is -0.840. The van der Waals surface area contributed by atoms with Crippen LogP contribution in [0, 0.1) is 0 Å². The zero-order chi connectivity index (χ0) is 10.5. The molecule has 1 fully saturated rings. The van der Waals surface area contributed by atoms with Gasteiger partial charge in [0.25, 0.3) is 0 Å². The van der Waals surface area contributed by atoms with Crippen LogP contribution in [0.15, 0.2) is 18.5 Å². The molecule has 0 aliphatic carbocycles. The fourth-order valence-corrected chi connectivity index (χ4v) is 2.07. The molecule has 0 amide bonds. The Morgan fingerprint density at radius 2 is 2.27 bits per heavy atom. The standard InChI is InChI=1S/C11H20N4/c1-12-11(10-2-3-14-8-10)9-15-6-4-13-5-7-15/h2-3,8,11-14H,4-7,9H2,1H3. The first-order chi connectivity index (χ1) is 7.40. The summed E-state index contributed by atoms with van der Waals surface area (Å²) in [5, 5.41) is 6.74. The van der Waals surface area contributed by atoms with E-state index >= 15 is 0 Å². The maximum absolute atomic E-state index is 3.37. The quantitative estimate of drug-likeness (QED) is 0.661. The van der Waals surface area contributed by atoms with Gasteiger partial charge in [-0.3, -0.25) is 4.90 Å². The molecule has 2 rings (SSSR count). The molecule has 3 N–H and O–H groups in total. The zero-order valence-corrected chi connectivity index (χ0v) is 9.29. The van der Waals surface area contributed by atoms with Crippen LogP contribution in [0.25, 0.3) is 0 Å². The van der Waals surface area contributed by atoms with Gasteiger partial charge < -0.3 is 15.6 Å². The van der Waals surface area contributed by atoms with E-state index in [2.05, 4.69) is 32.8 Å². The van der Waals surface area contributed by atoms with Gasteiger partial charge in [0, 0.05) is 51.2 Å². The lowest BCUT2D eigenvalue weighted by Crippen LogP contribution is -2.46. The summed E-state index contributed by atoms with van der Waals surface area (Å²) in [6.45, 7) is 5.63. The van der Waals surface area contributed by atoms with Crippen molar-refractivity contribution in [2.24, 2.45) is 0 Å². The van der Waals surface area contributed by atoms with Crippen LogP contribution in [-0.2, 0) is 0 Å². The van der Waals surface area contributed by atoms with Gasteiger partial charge in [-0.15, -0.1) is 0 Å². The van der Waals surface area contributed by atoms with Gasteiger partial charge in [-0.2, -0.15) is 0 Å². The summed E-state index contributed by atoms with van der Waals surface area (Å²) in [7, 11) is 2.03. The first-order valence-electron chi connectivity index (χ1n) is 5.63. The molecule has 1 aliphatic heterocycles. The van der Waals surface area contributed by atoms with Crippen LogP contribution in [0.5, 0.6) is 0 Å². The summed E-state index contributed by atoms with van der Waals surface area (Å²) < 4.78 is 0. The average molecular weight is 208 g/mol. The van der Waals surface area contributed by atoms with E-state index in [1.807, 2.05) is 13.2 Å². The second-order valence-electron chi connectivity index (χ2n) is 4.04. The Morgan fingerprint density at radius 1 is 1.47 bits per heavy atom. The lowest BCUT2D eigenvalue weighted by Gasteiger charge is -2.30. The third-order valence-electron chi connectivity index (χ3n) is 3.02. The van der Waals surface area contributed by atoms with Crippen molar-refractivity contribution in [3.8, 4) is 0 Å². The maximum Gasteiger partial charge on any atom is 0.0461 e. The van der Waals surface area contributed by atoms with Crippen LogP contribution in [0.2, 0.25) is 0 Å². The monoisotopic (exact) mass is 208 g/mol. The summed E-state index contributed by atoms with van der Waals surface area (Å²) in [4.78, 5) is 5.62. The smallest absolute Gasteiger partial charge is 0.0461 e. The molecule has 0 saturated carbocycles. The number of H-pyrrole nitrogens is 1. The van der Waals surface area contributed by atoms with Crippen LogP contribution in [0.3, 0.4) is 0 Å². The van der Waals surface area contributed by atoms with E-state index in [4.69, 9.17) is 0 Å². The van der Waals surface area contributed by atoms with Gasteiger partial charge in [0.15, 0.2) is 0 Å². The molecule has 1 aromatic heterocycles. The molecule has 0 radical (unpaired) electrons. The molecule has 0 aromatic carbocycles. The zero-order valence-electron chi connectivity index (χ0n) is 9.29. The summed E-state index contributed by atoms with van der Waals surface area (Å²) in [6.07, 6.45) is 4.06. The highest BCUT2D eigenvalue weighted by atomic mass is 15.2. The summed E-state index contributed by atoms with van der Waals surface area (Å²) in [6, 6.07) is 2.58. The van der Waals surface area contributed by atoms with E-state index in [0.29, 0.717) is 6.04 Å². The van der Waals surface area contributed by atoms with E-state index in [-0.39, 0.29) is 0 Å². The molecule has 1 saturated heterocycles. The van der Waals surface area contributed by atoms with Gasteiger partial charge in [-0.05, 0) is 18.7 Å². The van der Waals surface area contributed by atoms with Crippen molar-refractivity contribution in [1.29, 1.82) is 0 Å². The molecule has 0 spiro atoms. The number of nitrogens with one attached hydrogen (secondary N) is 3. The molecule has 2 heterocycles. The number of hydrogen-bond acceptors (Lipinski definition) is 3. The summed E-state index contributed by atoms with van der Waals surface area (Å²) in [5.74, 6) is 0. The largest absolute Gasteiger partial charge is 0.367 e. The average Bonchev–Trinajstić information content (AvgIpc) is 2.81. The Balaban J connectivity index is 1.90. The van der Waals surface area contributed by atoms with Crippen molar-refractivity contribution in [2.45, 2.75) is 6.04 Å². The van der Waals surface area contributed by atoms with Crippen molar-refractivity contribution in [2.75, 3.05) is 39.8 Å². The number of nitrogens with zero attached hydrogens (tertiary/aromatic N) is 1. The van der Waals surface area contributed by atoms with Crippen molar-refractivity contribution in [3.05, 3.63) is 24.0 Å². The highest BCUT2D eigenvalue weighted by molar-refractivity contribution is 5.14. The van der Waals surface area contributed by atoms with Crippen LogP contribution in [0.4, 0.5) is 0 Å². The fourth-order valence-electron chi connectivity index (χ4n) is 2.07. The second-order valence-corrected chi connectivity index (χ2v) is 4.04. The second kappa shape index (κ2) is 5.30. The molecule has 1 atom stereocenters. The van der Waals surface area contributed by atoms with Gasteiger partial charge in [-0.25, -0.2) is 0 Å². The number of aromatic amines is 1. The molecular formula is C11H20N4. The minimum Gasteiger partial charge on any atom is -0.367 e. The van der Waals surface area contributed by atoms with Gasteiger partial charge in [0.1, 0.15) is 0 Å². The first-order valence-corrected chi connectivity index (χ1v) is 5.63. The third kappa shape index (κ3) is 2.81. The fraction of sp³-hybridized carbons (Fsp3) is 0.636. The number of piperazine rings is 1. The number of aromatic nitrogens is 1. The SMILES string of the molecule is CNC(CN1CCNCC1)c1cc[nH]c1. The molecule has 1 aliphatic rings. The van der Waals surface area contributed by atoms with E-state index in [9.17, 15) is 0 Å². The first kappa shape index (κ1) is 10.7. The van der Waals surface area contributed by atoms with Crippen LogP contribution < -0.4 is 10.6 Å². The predicted octanol–water partition coefficient (Wildman–Crippen LogP) is 0.180. The highest BCUT2D eigenvalue weighted by Gasteiger charge is 2.16. The van der Waals surface area contributed by atoms with Crippen LogP contribution in [-0.4, -0.2) is 49.7 Å². The minimum atomic E-state index is 0.439. The molecule has 15 heavy (non-hydrogen) atoms. The summed E-state index contributed by atoms with van der Waals surface area (Å²) >= 11 is 0. The van der Waals surface area contributed by atoms with Crippen LogP contribution >= 0.6 is 0 Å². The Morgan fingerprint density at radius 3 is 2.87 bits per heavy atom. The minimum absolute atomic E-state index is 0.439. The van der Waals surface area contributed by atoms with Gasteiger partial charge >= 0.3 is 0 Å². The number of hydrogen-bond donors (Lipinski definition) is 3. The van der Waals surface area contributed by atoms with Gasteiger partial charge in [-0.1, -0.05) is 0 Å².